The number of furan rings is 1. The first kappa shape index (κ1) is 30.6. The summed E-state index contributed by atoms with van der Waals surface area (Å²) in [6, 6.07) is 62.6. The van der Waals surface area contributed by atoms with Crippen LogP contribution in [0.4, 0.5) is 0 Å². The Kier molecular flexibility index (Phi) is 6.45. The van der Waals surface area contributed by atoms with E-state index < -0.39 is 5.41 Å². The Balaban J connectivity index is 1.11. The Hall–Kier alpha value is -6.82. The van der Waals surface area contributed by atoms with Crippen LogP contribution in [0.2, 0.25) is 0 Å². The molecule has 1 unspecified atom stereocenters. The summed E-state index contributed by atoms with van der Waals surface area (Å²) in [6.07, 6.45) is 0. The van der Waals surface area contributed by atoms with E-state index in [1.807, 2.05) is 60.3 Å². The lowest BCUT2D eigenvalue weighted by atomic mass is 9.67. The van der Waals surface area contributed by atoms with Gasteiger partial charge in [0.1, 0.15) is 11.2 Å². The van der Waals surface area contributed by atoms with E-state index in [1.54, 1.807) is 0 Å². The summed E-state index contributed by atoms with van der Waals surface area (Å²) in [6.45, 7) is 0. The van der Waals surface area contributed by atoms with E-state index in [1.165, 1.54) is 53.9 Å². The molecule has 0 radical (unpaired) electrons. The van der Waals surface area contributed by atoms with Crippen molar-refractivity contribution in [3.8, 4) is 45.3 Å². The minimum Gasteiger partial charge on any atom is -0.456 e. The zero-order valence-electron chi connectivity index (χ0n) is 29.4. The van der Waals surface area contributed by atoms with E-state index in [4.69, 9.17) is 19.4 Å². The van der Waals surface area contributed by atoms with E-state index in [0.717, 1.165) is 38.6 Å². The van der Waals surface area contributed by atoms with Gasteiger partial charge in [-0.05, 0) is 68.4 Å². The number of nitrogens with zero attached hydrogens (tertiary/aromatic N) is 3. The molecule has 8 aromatic carbocycles. The summed E-state index contributed by atoms with van der Waals surface area (Å²) < 4.78 is 6.28. The molecule has 3 heterocycles. The second kappa shape index (κ2) is 11.6. The molecule has 5 heteroatoms. The zero-order valence-corrected chi connectivity index (χ0v) is 30.2. The third-order valence-corrected chi connectivity index (χ3v) is 12.5. The summed E-state index contributed by atoms with van der Waals surface area (Å²) in [7, 11) is 0. The molecule has 10 aromatic rings. The Morgan fingerprint density at radius 1 is 0.418 bits per heavy atom. The van der Waals surface area contributed by atoms with Crippen molar-refractivity contribution in [2.45, 2.75) is 15.2 Å². The molecule has 256 valence electrons. The molecule has 1 spiro atoms. The first-order valence-corrected chi connectivity index (χ1v) is 19.3. The zero-order chi connectivity index (χ0) is 36.1. The SMILES string of the molecule is c1ccc(-c2nc(-c3ccc4c(c3)Sc3ccccc3C43c4ccccc4-c4c3ccc3ccccc43)nc(-c3cccc4oc5ccccc5c34)n2)cc1. The van der Waals surface area contributed by atoms with E-state index in [9.17, 15) is 0 Å². The topological polar surface area (TPSA) is 51.8 Å². The maximum atomic E-state index is 6.28. The lowest BCUT2D eigenvalue weighted by molar-refractivity contribution is 0.669. The Bertz CT molecular complexity index is 3210. The number of para-hydroxylation sites is 1. The molecule has 0 bridgehead atoms. The predicted molar refractivity (Wildman–Crippen MR) is 222 cm³/mol. The molecule has 4 nitrogen and oxygen atoms in total. The second-order valence-corrected chi connectivity index (χ2v) is 15.3. The minimum atomic E-state index is -0.483. The fraction of sp³-hybridized carbons (Fsp3) is 0.0200. The van der Waals surface area contributed by atoms with Crippen LogP contribution in [0.15, 0.2) is 190 Å². The highest BCUT2D eigenvalue weighted by molar-refractivity contribution is 7.99. The average molecular weight is 720 g/mol. The second-order valence-electron chi connectivity index (χ2n) is 14.3. The molecule has 2 aliphatic rings. The van der Waals surface area contributed by atoms with Gasteiger partial charge in [-0.25, -0.2) is 15.0 Å². The highest BCUT2D eigenvalue weighted by Crippen LogP contribution is 2.63. The molecule has 1 aliphatic heterocycles. The number of hydrogen-bond donors (Lipinski definition) is 0. The molecular weight excluding hydrogens is 691 g/mol. The van der Waals surface area contributed by atoms with Gasteiger partial charge >= 0.3 is 0 Å². The number of rotatable bonds is 3. The van der Waals surface area contributed by atoms with Crippen molar-refractivity contribution in [3.05, 3.63) is 198 Å². The molecule has 0 saturated carbocycles. The molecule has 0 saturated heterocycles. The van der Waals surface area contributed by atoms with Crippen molar-refractivity contribution in [1.29, 1.82) is 0 Å². The first-order valence-electron chi connectivity index (χ1n) is 18.5. The fourth-order valence-electron chi connectivity index (χ4n) is 9.12. The summed E-state index contributed by atoms with van der Waals surface area (Å²) in [5.41, 5.74) is 11.8. The highest BCUT2D eigenvalue weighted by Gasteiger charge is 2.50. The van der Waals surface area contributed by atoms with Gasteiger partial charge < -0.3 is 4.42 Å². The summed E-state index contributed by atoms with van der Waals surface area (Å²) >= 11 is 1.83. The molecule has 55 heavy (non-hydrogen) atoms. The van der Waals surface area contributed by atoms with Crippen molar-refractivity contribution < 1.29 is 4.42 Å². The molecule has 2 aromatic heterocycles. The normalized spacial score (nSPS) is 15.3. The molecule has 1 aliphatic carbocycles. The van der Waals surface area contributed by atoms with Crippen LogP contribution < -0.4 is 0 Å². The third kappa shape index (κ3) is 4.33. The first-order chi connectivity index (χ1) is 27.3. The third-order valence-electron chi connectivity index (χ3n) is 11.4. The summed E-state index contributed by atoms with van der Waals surface area (Å²) in [5, 5.41) is 4.57. The van der Waals surface area contributed by atoms with Crippen molar-refractivity contribution in [2.24, 2.45) is 0 Å². The Morgan fingerprint density at radius 2 is 1.07 bits per heavy atom. The van der Waals surface area contributed by atoms with Gasteiger partial charge in [-0.2, -0.15) is 0 Å². The number of aromatic nitrogens is 3. The molecular formula is C50H29N3OS. The Labute approximate surface area is 321 Å². The maximum Gasteiger partial charge on any atom is 0.164 e. The quantitative estimate of drug-likeness (QED) is 0.182. The smallest absolute Gasteiger partial charge is 0.164 e. The van der Waals surface area contributed by atoms with Crippen LogP contribution in [0, 0.1) is 0 Å². The van der Waals surface area contributed by atoms with Crippen LogP contribution in [0.3, 0.4) is 0 Å². The van der Waals surface area contributed by atoms with Crippen LogP contribution in [-0.2, 0) is 5.41 Å². The van der Waals surface area contributed by atoms with Gasteiger partial charge in [0.25, 0.3) is 0 Å². The standard InChI is InChI=1S/C50H29N3OS/c1-2-14-31(15-3-1)47-51-48(53-49(52-47)36-19-12-23-42-46(36)35-18-7-10-22-41(35)54-42)32-26-27-39-44(29-32)55-43-24-11-9-21-38(43)50(39)37-20-8-6-17-34(37)45-33-16-5-4-13-30(33)25-28-40(45)50/h1-29H. The van der Waals surface area contributed by atoms with Gasteiger partial charge in [0.15, 0.2) is 17.5 Å². The highest BCUT2D eigenvalue weighted by atomic mass is 32.2. The summed E-state index contributed by atoms with van der Waals surface area (Å²) in [4.78, 5) is 18.0. The largest absolute Gasteiger partial charge is 0.456 e. The van der Waals surface area contributed by atoms with E-state index in [2.05, 4.69) is 127 Å². The van der Waals surface area contributed by atoms with Crippen molar-refractivity contribution in [1.82, 2.24) is 15.0 Å². The number of hydrogen-bond acceptors (Lipinski definition) is 5. The predicted octanol–water partition coefficient (Wildman–Crippen LogP) is 12.8. The number of benzene rings is 8. The Morgan fingerprint density at radius 3 is 1.98 bits per heavy atom. The van der Waals surface area contributed by atoms with Gasteiger partial charge in [-0.1, -0.05) is 163 Å². The van der Waals surface area contributed by atoms with Crippen LogP contribution in [-0.4, -0.2) is 15.0 Å². The lowest BCUT2D eigenvalue weighted by Crippen LogP contribution is -2.32. The van der Waals surface area contributed by atoms with Crippen molar-refractivity contribution >= 4 is 44.5 Å². The summed E-state index contributed by atoms with van der Waals surface area (Å²) in [5.74, 6) is 1.87. The van der Waals surface area contributed by atoms with Crippen LogP contribution >= 0.6 is 11.8 Å². The molecule has 0 N–H and O–H groups in total. The molecule has 0 fully saturated rings. The monoisotopic (exact) mass is 719 g/mol. The van der Waals surface area contributed by atoms with Gasteiger partial charge in [0.05, 0.1) is 5.41 Å². The van der Waals surface area contributed by atoms with Gasteiger partial charge in [0, 0.05) is 37.3 Å². The molecule has 1 atom stereocenters. The molecule has 0 amide bonds. The van der Waals surface area contributed by atoms with Crippen molar-refractivity contribution in [3.63, 3.8) is 0 Å². The fourth-order valence-corrected chi connectivity index (χ4v) is 10.3. The lowest BCUT2D eigenvalue weighted by Gasteiger charge is -2.39. The van der Waals surface area contributed by atoms with Crippen LogP contribution in [0.1, 0.15) is 22.3 Å². The van der Waals surface area contributed by atoms with E-state index in [-0.39, 0.29) is 0 Å². The maximum absolute atomic E-state index is 6.28. The average Bonchev–Trinajstić information content (AvgIpc) is 3.78. The molecule has 12 rings (SSSR count). The van der Waals surface area contributed by atoms with E-state index in [0.29, 0.717) is 17.5 Å². The van der Waals surface area contributed by atoms with Crippen LogP contribution in [0.25, 0.3) is 78.0 Å². The van der Waals surface area contributed by atoms with E-state index >= 15 is 0 Å². The minimum absolute atomic E-state index is 0.483. The van der Waals surface area contributed by atoms with Crippen molar-refractivity contribution in [2.75, 3.05) is 0 Å². The van der Waals surface area contributed by atoms with Gasteiger partial charge in [-0.3, -0.25) is 0 Å². The van der Waals surface area contributed by atoms with Gasteiger partial charge in [-0.15, -0.1) is 0 Å². The number of fused-ring (bicyclic) bond motifs is 14. The van der Waals surface area contributed by atoms with Crippen LogP contribution in [0.5, 0.6) is 0 Å². The van der Waals surface area contributed by atoms with Gasteiger partial charge in [0.2, 0.25) is 0 Å².